The van der Waals surface area contributed by atoms with Gasteiger partial charge in [0, 0.05) is 13.1 Å². The van der Waals surface area contributed by atoms with E-state index in [1.807, 2.05) is 12.3 Å². The zero-order chi connectivity index (χ0) is 28.2. The number of H-pyrrole nitrogens is 1. The minimum Gasteiger partial charge on any atom is -0.494 e. The number of ether oxygens (including phenoxy) is 1. The van der Waals surface area contributed by atoms with E-state index in [0.717, 1.165) is 11.1 Å². The number of carbonyl (C=O) groups excluding carboxylic acids is 1. The molecule has 1 saturated heterocycles. The summed E-state index contributed by atoms with van der Waals surface area (Å²) >= 11 is 1.30. The molecule has 210 valence electrons. The first-order valence-corrected chi connectivity index (χ1v) is 15.3. The number of hydrogen-bond donors (Lipinski definition) is 3. The van der Waals surface area contributed by atoms with E-state index in [0.29, 0.717) is 35.2 Å². The molecule has 0 bridgehead atoms. The van der Waals surface area contributed by atoms with Crippen molar-refractivity contribution < 1.29 is 27.9 Å². The van der Waals surface area contributed by atoms with E-state index in [4.69, 9.17) is 4.74 Å². The lowest BCUT2D eigenvalue weighted by Gasteiger charge is -2.42. The van der Waals surface area contributed by atoms with E-state index in [1.54, 1.807) is 31.2 Å². The monoisotopic (exact) mass is 576 g/mol. The number of thiophene rings is 1. The maximum Gasteiger partial charge on any atom is 0.325 e. The molecule has 0 aliphatic carbocycles. The smallest absolute Gasteiger partial charge is 0.325 e. The van der Waals surface area contributed by atoms with Gasteiger partial charge < -0.3 is 20.1 Å². The van der Waals surface area contributed by atoms with Gasteiger partial charge in [-0.25, -0.2) is 13.4 Å². The van der Waals surface area contributed by atoms with Gasteiger partial charge in [0.15, 0.2) is 0 Å². The molecule has 1 unspecified atom stereocenters. The first-order chi connectivity index (χ1) is 18.6. The van der Waals surface area contributed by atoms with Gasteiger partial charge in [-0.1, -0.05) is 19.1 Å². The Bertz CT molecular complexity index is 1530. The van der Waals surface area contributed by atoms with Gasteiger partial charge in [-0.2, -0.15) is 4.31 Å². The van der Waals surface area contributed by atoms with Crippen LogP contribution in [0.2, 0.25) is 0 Å². The minimum absolute atomic E-state index is 0.0633. The van der Waals surface area contributed by atoms with Crippen molar-refractivity contribution in [2.45, 2.75) is 58.0 Å². The van der Waals surface area contributed by atoms with Crippen molar-refractivity contribution in [1.82, 2.24) is 19.6 Å². The summed E-state index contributed by atoms with van der Waals surface area (Å²) in [5.41, 5.74) is -0.185. The van der Waals surface area contributed by atoms with Crippen LogP contribution in [0.1, 0.15) is 60.8 Å². The molecular formula is C26H32N4O7S2. The number of carboxylic acids is 1. The summed E-state index contributed by atoms with van der Waals surface area (Å²) in [4.78, 5) is 44.2. The number of amides is 1. The Kier molecular flexibility index (Phi) is 8.72. The van der Waals surface area contributed by atoms with Crippen LogP contribution < -0.4 is 15.6 Å². The second-order valence-electron chi connectivity index (χ2n) is 9.58. The number of hydrogen-bond acceptors (Lipinski definition) is 8. The second-order valence-corrected chi connectivity index (χ2v) is 12.5. The third-order valence-corrected chi connectivity index (χ3v) is 10.0. The van der Waals surface area contributed by atoms with E-state index < -0.39 is 27.4 Å². The molecule has 39 heavy (non-hydrogen) atoms. The fourth-order valence-corrected chi connectivity index (χ4v) is 7.75. The number of fused-ring (bicyclic) bond motifs is 1. The predicted molar refractivity (Wildman–Crippen MR) is 148 cm³/mol. The molecule has 13 heteroatoms. The zero-order valence-electron chi connectivity index (χ0n) is 21.9. The van der Waals surface area contributed by atoms with Crippen LogP contribution in [0.15, 0.2) is 34.4 Å². The Morgan fingerprint density at radius 1 is 1.31 bits per heavy atom. The van der Waals surface area contributed by atoms with Crippen LogP contribution in [0.3, 0.4) is 0 Å². The number of rotatable bonds is 11. The SMILES string of the molecule is CCC1(C(=O)O)CCCCN1S(=O)(=O)CCCOc1cccc(CNC(=O)c2nc3scc(C)c3c(=O)[nH]2)c1. The van der Waals surface area contributed by atoms with Gasteiger partial charge in [0.2, 0.25) is 15.8 Å². The van der Waals surface area contributed by atoms with Gasteiger partial charge in [0.25, 0.3) is 11.5 Å². The molecule has 11 nitrogen and oxygen atoms in total. The molecule has 1 amide bonds. The van der Waals surface area contributed by atoms with Gasteiger partial charge in [0.1, 0.15) is 16.1 Å². The number of piperidine rings is 1. The summed E-state index contributed by atoms with van der Waals surface area (Å²) in [6.45, 7) is 4.02. The molecule has 4 rings (SSSR count). The molecule has 3 aromatic rings. The number of carboxylic acid groups (broad SMARTS) is 1. The third kappa shape index (κ3) is 6.15. The summed E-state index contributed by atoms with van der Waals surface area (Å²) in [5.74, 6) is -1.38. The highest BCUT2D eigenvalue weighted by Crippen LogP contribution is 2.34. The molecule has 3 N–H and O–H groups in total. The number of nitrogens with zero attached hydrogens (tertiary/aromatic N) is 2. The topological polar surface area (TPSA) is 159 Å². The highest BCUT2D eigenvalue weighted by Gasteiger charge is 2.49. The maximum absolute atomic E-state index is 13.0. The number of aromatic amines is 1. The number of nitrogens with one attached hydrogen (secondary N) is 2. The lowest BCUT2D eigenvalue weighted by Crippen LogP contribution is -2.59. The average Bonchev–Trinajstić information content (AvgIpc) is 3.30. The molecule has 0 spiro atoms. The summed E-state index contributed by atoms with van der Waals surface area (Å²) in [6.07, 6.45) is 2.05. The van der Waals surface area contributed by atoms with Crippen molar-refractivity contribution in [3.8, 4) is 5.75 Å². The first kappa shape index (κ1) is 28.7. The van der Waals surface area contributed by atoms with Gasteiger partial charge in [-0.3, -0.25) is 14.4 Å². The molecule has 3 heterocycles. The van der Waals surface area contributed by atoms with Gasteiger partial charge in [0.05, 0.1) is 17.7 Å². The zero-order valence-corrected chi connectivity index (χ0v) is 23.5. The number of aliphatic carboxylic acids is 1. The number of carbonyl (C=O) groups is 2. The van der Waals surface area contributed by atoms with Crippen molar-refractivity contribution in [3.05, 3.63) is 57.0 Å². The molecular weight excluding hydrogens is 544 g/mol. The Morgan fingerprint density at radius 2 is 2.10 bits per heavy atom. The quantitative estimate of drug-likeness (QED) is 0.294. The van der Waals surface area contributed by atoms with Crippen LogP contribution in [-0.4, -0.2) is 64.1 Å². The van der Waals surface area contributed by atoms with E-state index >= 15 is 0 Å². The van der Waals surface area contributed by atoms with Crippen molar-refractivity contribution in [3.63, 3.8) is 0 Å². The fraction of sp³-hybridized carbons (Fsp3) is 0.462. The van der Waals surface area contributed by atoms with E-state index in [9.17, 15) is 27.9 Å². The molecule has 1 atom stereocenters. The van der Waals surface area contributed by atoms with Crippen molar-refractivity contribution in [2.24, 2.45) is 0 Å². The van der Waals surface area contributed by atoms with Crippen LogP contribution in [0.25, 0.3) is 10.2 Å². The molecule has 0 saturated carbocycles. The Labute approximate surface area is 230 Å². The number of aryl methyl sites for hydroxylation is 1. The molecule has 0 radical (unpaired) electrons. The number of aromatic nitrogens is 2. The number of sulfonamides is 1. The lowest BCUT2D eigenvalue weighted by molar-refractivity contribution is -0.150. The first-order valence-electron chi connectivity index (χ1n) is 12.8. The van der Waals surface area contributed by atoms with E-state index in [-0.39, 0.29) is 49.7 Å². The van der Waals surface area contributed by atoms with Crippen LogP contribution in [-0.2, 0) is 21.4 Å². The predicted octanol–water partition coefficient (Wildman–Crippen LogP) is 3.04. The Balaban J connectivity index is 1.31. The van der Waals surface area contributed by atoms with Crippen LogP contribution in [0.5, 0.6) is 5.75 Å². The summed E-state index contributed by atoms with van der Waals surface area (Å²) in [6, 6.07) is 7.01. The second kappa shape index (κ2) is 11.8. The summed E-state index contributed by atoms with van der Waals surface area (Å²) in [7, 11) is -3.78. The highest BCUT2D eigenvalue weighted by atomic mass is 32.2. The van der Waals surface area contributed by atoms with Gasteiger partial charge in [-0.05, 0) is 67.7 Å². The van der Waals surface area contributed by atoms with Crippen molar-refractivity contribution >= 4 is 43.5 Å². The molecule has 1 aromatic carbocycles. The minimum atomic E-state index is -3.78. The Hall–Kier alpha value is -3.29. The summed E-state index contributed by atoms with van der Waals surface area (Å²) in [5, 5.41) is 14.8. The van der Waals surface area contributed by atoms with E-state index in [2.05, 4.69) is 15.3 Å². The summed E-state index contributed by atoms with van der Waals surface area (Å²) < 4.78 is 33.0. The van der Waals surface area contributed by atoms with Crippen LogP contribution >= 0.6 is 11.3 Å². The van der Waals surface area contributed by atoms with Crippen molar-refractivity contribution in [2.75, 3.05) is 18.9 Å². The highest BCUT2D eigenvalue weighted by molar-refractivity contribution is 7.89. The molecule has 1 aliphatic heterocycles. The lowest BCUT2D eigenvalue weighted by atomic mass is 9.86. The van der Waals surface area contributed by atoms with Crippen molar-refractivity contribution in [1.29, 1.82) is 0 Å². The Morgan fingerprint density at radius 3 is 2.85 bits per heavy atom. The fourth-order valence-electron chi connectivity index (χ4n) is 4.88. The standard InChI is InChI=1S/C26H32N4O7S2/c1-3-26(25(33)34)10-4-5-11-30(26)39(35,36)13-7-12-37-19-9-6-8-18(14-19)15-27-23(32)21-28-22(31)20-17(2)16-38-24(20)29-21/h6,8-9,14,16H,3-5,7,10-13,15H2,1-2H3,(H,27,32)(H,33,34)(H,28,29,31). The largest absolute Gasteiger partial charge is 0.494 e. The molecule has 1 fully saturated rings. The van der Waals surface area contributed by atoms with Crippen LogP contribution in [0.4, 0.5) is 0 Å². The molecule has 1 aliphatic rings. The van der Waals surface area contributed by atoms with Gasteiger partial charge in [-0.15, -0.1) is 11.3 Å². The normalized spacial score (nSPS) is 18.2. The molecule has 2 aromatic heterocycles. The van der Waals surface area contributed by atoms with Gasteiger partial charge >= 0.3 is 5.97 Å². The third-order valence-electron chi connectivity index (χ3n) is 7.01. The number of benzene rings is 1. The van der Waals surface area contributed by atoms with E-state index in [1.165, 1.54) is 15.6 Å². The average molecular weight is 577 g/mol. The van der Waals surface area contributed by atoms with Crippen LogP contribution in [0, 0.1) is 6.92 Å². The maximum atomic E-state index is 13.0.